The lowest BCUT2D eigenvalue weighted by atomic mass is 9.86. The van der Waals surface area contributed by atoms with Gasteiger partial charge in [-0.15, -0.1) is 0 Å². The Morgan fingerprint density at radius 3 is 2.67 bits per heavy atom. The molecule has 1 aliphatic rings. The van der Waals surface area contributed by atoms with Gasteiger partial charge in [0.1, 0.15) is 12.1 Å². The van der Waals surface area contributed by atoms with Crippen LogP contribution in [-0.4, -0.2) is 22.6 Å². The van der Waals surface area contributed by atoms with E-state index in [4.69, 9.17) is 5.73 Å². The SMILES string of the molecule is CC(C)(C)C(CN)Nc1ncnc2c1CCCC2. The summed E-state index contributed by atoms with van der Waals surface area (Å²) < 4.78 is 0. The van der Waals surface area contributed by atoms with Crippen LogP contribution in [0.1, 0.15) is 44.9 Å². The Balaban J connectivity index is 2.23. The summed E-state index contributed by atoms with van der Waals surface area (Å²) in [6.45, 7) is 7.21. The van der Waals surface area contributed by atoms with Crippen molar-refractivity contribution in [2.45, 2.75) is 52.5 Å². The van der Waals surface area contributed by atoms with E-state index in [2.05, 4.69) is 36.1 Å². The van der Waals surface area contributed by atoms with Crippen molar-refractivity contribution < 1.29 is 0 Å². The number of nitrogens with zero attached hydrogens (tertiary/aromatic N) is 2. The summed E-state index contributed by atoms with van der Waals surface area (Å²) in [6.07, 6.45) is 6.30. The number of hydrogen-bond acceptors (Lipinski definition) is 4. The van der Waals surface area contributed by atoms with Crippen LogP contribution in [0.3, 0.4) is 0 Å². The average molecular weight is 248 g/mol. The fraction of sp³-hybridized carbons (Fsp3) is 0.714. The van der Waals surface area contributed by atoms with Gasteiger partial charge in [-0.2, -0.15) is 0 Å². The van der Waals surface area contributed by atoms with Gasteiger partial charge in [0.15, 0.2) is 0 Å². The largest absolute Gasteiger partial charge is 0.365 e. The van der Waals surface area contributed by atoms with Crippen LogP contribution in [0.2, 0.25) is 0 Å². The van der Waals surface area contributed by atoms with Crippen LogP contribution >= 0.6 is 0 Å². The number of rotatable bonds is 3. The van der Waals surface area contributed by atoms with Gasteiger partial charge in [0.2, 0.25) is 0 Å². The molecule has 0 fully saturated rings. The van der Waals surface area contributed by atoms with E-state index in [0.29, 0.717) is 6.54 Å². The number of anilines is 1. The van der Waals surface area contributed by atoms with Crippen LogP contribution in [0.4, 0.5) is 5.82 Å². The monoisotopic (exact) mass is 248 g/mol. The van der Waals surface area contributed by atoms with Gasteiger partial charge in [-0.1, -0.05) is 20.8 Å². The minimum absolute atomic E-state index is 0.126. The van der Waals surface area contributed by atoms with E-state index < -0.39 is 0 Å². The Morgan fingerprint density at radius 1 is 1.28 bits per heavy atom. The molecule has 2 rings (SSSR count). The van der Waals surface area contributed by atoms with Crippen molar-refractivity contribution in [1.82, 2.24) is 9.97 Å². The van der Waals surface area contributed by atoms with Gasteiger partial charge in [0.05, 0.1) is 0 Å². The molecule has 0 aromatic carbocycles. The number of nitrogens with one attached hydrogen (secondary N) is 1. The van der Waals surface area contributed by atoms with Gasteiger partial charge in [-0.25, -0.2) is 9.97 Å². The molecule has 1 aromatic rings. The molecule has 18 heavy (non-hydrogen) atoms. The molecule has 4 heteroatoms. The van der Waals surface area contributed by atoms with Gasteiger partial charge in [0, 0.05) is 23.8 Å². The molecule has 1 atom stereocenters. The quantitative estimate of drug-likeness (QED) is 0.860. The van der Waals surface area contributed by atoms with Gasteiger partial charge in [0.25, 0.3) is 0 Å². The number of nitrogens with two attached hydrogens (primary N) is 1. The lowest BCUT2D eigenvalue weighted by Gasteiger charge is -2.32. The molecule has 1 aliphatic carbocycles. The molecule has 1 aromatic heterocycles. The zero-order valence-electron chi connectivity index (χ0n) is 11.7. The maximum absolute atomic E-state index is 5.88. The van der Waals surface area contributed by atoms with E-state index in [1.54, 1.807) is 6.33 Å². The van der Waals surface area contributed by atoms with E-state index in [1.807, 2.05) is 0 Å². The number of aryl methyl sites for hydroxylation is 1. The van der Waals surface area contributed by atoms with Crippen molar-refractivity contribution in [3.63, 3.8) is 0 Å². The number of aromatic nitrogens is 2. The Bertz CT molecular complexity index is 409. The van der Waals surface area contributed by atoms with Gasteiger partial charge >= 0.3 is 0 Å². The normalized spacial score (nSPS) is 17.1. The molecule has 0 spiro atoms. The van der Waals surface area contributed by atoms with Crippen molar-refractivity contribution >= 4 is 5.82 Å². The Labute approximate surface area is 109 Å². The molecule has 1 heterocycles. The van der Waals surface area contributed by atoms with Crippen LogP contribution < -0.4 is 11.1 Å². The minimum Gasteiger partial charge on any atom is -0.365 e. The van der Waals surface area contributed by atoms with E-state index in [9.17, 15) is 0 Å². The number of fused-ring (bicyclic) bond motifs is 1. The molecule has 0 radical (unpaired) electrons. The molecule has 0 saturated heterocycles. The van der Waals surface area contributed by atoms with Crippen molar-refractivity contribution in [2.24, 2.45) is 11.1 Å². The second kappa shape index (κ2) is 5.22. The minimum atomic E-state index is 0.126. The third kappa shape index (κ3) is 2.80. The van der Waals surface area contributed by atoms with Crippen LogP contribution in [0.5, 0.6) is 0 Å². The molecule has 3 N–H and O–H groups in total. The predicted molar refractivity (Wildman–Crippen MR) is 74.6 cm³/mol. The average Bonchev–Trinajstić information content (AvgIpc) is 2.34. The fourth-order valence-corrected chi connectivity index (χ4v) is 2.44. The summed E-state index contributed by atoms with van der Waals surface area (Å²) in [5.41, 5.74) is 8.51. The highest BCUT2D eigenvalue weighted by molar-refractivity contribution is 5.48. The molecule has 0 bridgehead atoms. The fourth-order valence-electron chi connectivity index (χ4n) is 2.44. The first-order valence-corrected chi connectivity index (χ1v) is 6.81. The third-order valence-electron chi connectivity index (χ3n) is 3.72. The highest BCUT2D eigenvalue weighted by Gasteiger charge is 2.25. The smallest absolute Gasteiger partial charge is 0.133 e. The van der Waals surface area contributed by atoms with Crippen LogP contribution in [-0.2, 0) is 12.8 Å². The van der Waals surface area contributed by atoms with Crippen LogP contribution in [0.15, 0.2) is 6.33 Å². The molecular weight excluding hydrogens is 224 g/mol. The second-order valence-electron chi connectivity index (χ2n) is 6.15. The van der Waals surface area contributed by atoms with Gasteiger partial charge in [-0.05, 0) is 31.1 Å². The summed E-state index contributed by atoms with van der Waals surface area (Å²) in [4.78, 5) is 8.81. The Morgan fingerprint density at radius 2 is 2.00 bits per heavy atom. The summed E-state index contributed by atoms with van der Waals surface area (Å²) in [5, 5.41) is 3.52. The first kappa shape index (κ1) is 13.3. The first-order valence-electron chi connectivity index (χ1n) is 6.81. The maximum atomic E-state index is 5.88. The lowest BCUT2D eigenvalue weighted by molar-refractivity contribution is 0.345. The summed E-state index contributed by atoms with van der Waals surface area (Å²) in [7, 11) is 0. The molecule has 4 nitrogen and oxygen atoms in total. The zero-order chi connectivity index (χ0) is 13.2. The van der Waals surface area contributed by atoms with E-state index >= 15 is 0 Å². The Kier molecular flexibility index (Phi) is 3.85. The van der Waals surface area contributed by atoms with Crippen molar-refractivity contribution in [1.29, 1.82) is 0 Å². The third-order valence-corrected chi connectivity index (χ3v) is 3.72. The summed E-state index contributed by atoms with van der Waals surface area (Å²) in [6, 6.07) is 0.235. The van der Waals surface area contributed by atoms with Crippen LogP contribution in [0.25, 0.3) is 0 Å². The molecule has 100 valence electrons. The predicted octanol–water partition coefficient (Wildman–Crippen LogP) is 2.14. The standard InChI is InChI=1S/C14H24N4/c1-14(2,3)12(8-15)18-13-10-6-4-5-7-11(10)16-9-17-13/h9,12H,4-8,15H2,1-3H3,(H,16,17,18). The van der Waals surface area contributed by atoms with Crippen molar-refractivity contribution in [3.8, 4) is 0 Å². The Hall–Kier alpha value is -1.16. The number of hydrogen-bond donors (Lipinski definition) is 2. The van der Waals surface area contributed by atoms with E-state index in [1.165, 1.54) is 24.1 Å². The summed E-state index contributed by atoms with van der Waals surface area (Å²) in [5.74, 6) is 0.991. The molecule has 1 unspecified atom stereocenters. The molecule has 0 amide bonds. The van der Waals surface area contributed by atoms with E-state index in [-0.39, 0.29) is 11.5 Å². The van der Waals surface area contributed by atoms with Gasteiger partial charge in [-0.3, -0.25) is 0 Å². The lowest BCUT2D eigenvalue weighted by Crippen LogP contribution is -2.41. The second-order valence-corrected chi connectivity index (χ2v) is 6.15. The first-order chi connectivity index (χ1) is 8.52. The van der Waals surface area contributed by atoms with Crippen LogP contribution in [0, 0.1) is 5.41 Å². The topological polar surface area (TPSA) is 63.8 Å². The van der Waals surface area contributed by atoms with Gasteiger partial charge < -0.3 is 11.1 Å². The summed E-state index contributed by atoms with van der Waals surface area (Å²) >= 11 is 0. The highest BCUT2D eigenvalue weighted by Crippen LogP contribution is 2.27. The van der Waals surface area contributed by atoms with Crippen molar-refractivity contribution in [3.05, 3.63) is 17.6 Å². The van der Waals surface area contributed by atoms with E-state index in [0.717, 1.165) is 18.7 Å². The molecular formula is C14H24N4. The molecule has 0 saturated carbocycles. The van der Waals surface area contributed by atoms with Crippen molar-refractivity contribution in [2.75, 3.05) is 11.9 Å². The zero-order valence-corrected chi connectivity index (χ0v) is 11.7. The molecule has 0 aliphatic heterocycles. The maximum Gasteiger partial charge on any atom is 0.133 e. The highest BCUT2D eigenvalue weighted by atomic mass is 15.1.